The van der Waals surface area contributed by atoms with Crippen LogP contribution in [-0.2, 0) is 11.2 Å². The molecule has 12 heteroatoms. The molecular formula is C21H23N3O9. The average molecular weight is 461 g/mol. The standard InChI is InChI=1S/C21H23N3O9/c22-24-23-11-4-1-10(2-5-11)3-6-13(27)17-14(28)7-12(26)8-15(17)32-21-20(31)19(30)18(29)16(9-25)33-21/h1-2,4-5,7-8,16,18-21,25-26,28-31H,3,6,9H2/t16-,18-,19+,20+,21-/m1/s1. The van der Waals surface area contributed by atoms with Gasteiger partial charge in [0, 0.05) is 29.2 Å². The van der Waals surface area contributed by atoms with E-state index in [2.05, 4.69) is 10.0 Å². The normalized spacial score (nSPS) is 24.7. The Kier molecular flexibility index (Phi) is 7.71. The van der Waals surface area contributed by atoms with E-state index in [0.717, 1.165) is 17.7 Å². The fourth-order valence-electron chi connectivity index (χ4n) is 3.41. The molecule has 33 heavy (non-hydrogen) atoms. The summed E-state index contributed by atoms with van der Waals surface area (Å²) in [5.74, 6) is -1.87. The molecule has 1 aliphatic rings. The lowest BCUT2D eigenvalue weighted by Crippen LogP contribution is -2.60. The molecule has 0 bridgehead atoms. The second-order valence-electron chi connectivity index (χ2n) is 7.43. The summed E-state index contributed by atoms with van der Waals surface area (Å²) in [4.78, 5) is 15.6. The first-order chi connectivity index (χ1) is 15.7. The molecule has 1 aliphatic heterocycles. The maximum absolute atomic E-state index is 12.9. The van der Waals surface area contributed by atoms with Crippen molar-refractivity contribution in [1.82, 2.24) is 0 Å². The van der Waals surface area contributed by atoms with Crippen molar-refractivity contribution < 1.29 is 44.9 Å². The predicted molar refractivity (Wildman–Crippen MR) is 112 cm³/mol. The number of aliphatic hydroxyl groups excluding tert-OH is 4. The number of aryl methyl sites for hydroxylation is 1. The highest BCUT2D eigenvalue weighted by Crippen LogP contribution is 2.36. The van der Waals surface area contributed by atoms with Gasteiger partial charge in [0.2, 0.25) is 6.29 Å². The first-order valence-corrected chi connectivity index (χ1v) is 9.95. The molecule has 12 nitrogen and oxygen atoms in total. The minimum atomic E-state index is -1.75. The lowest BCUT2D eigenvalue weighted by molar-refractivity contribution is -0.277. The zero-order chi connectivity index (χ0) is 24.1. The van der Waals surface area contributed by atoms with E-state index in [4.69, 9.17) is 15.0 Å². The minimum absolute atomic E-state index is 0.0652. The Bertz CT molecular complexity index is 1040. The molecule has 1 saturated heterocycles. The molecule has 0 unspecified atom stereocenters. The molecule has 6 N–H and O–H groups in total. The monoisotopic (exact) mass is 461 g/mol. The molecule has 0 aliphatic carbocycles. The molecule has 0 saturated carbocycles. The molecule has 1 heterocycles. The molecule has 0 amide bonds. The van der Waals surface area contributed by atoms with E-state index in [1.807, 2.05) is 0 Å². The molecule has 0 spiro atoms. The second-order valence-corrected chi connectivity index (χ2v) is 7.43. The van der Waals surface area contributed by atoms with Crippen LogP contribution in [0.5, 0.6) is 17.2 Å². The summed E-state index contributed by atoms with van der Waals surface area (Å²) in [5, 5.41) is 62.9. The number of nitrogens with zero attached hydrogens (tertiary/aromatic N) is 3. The first kappa shape index (κ1) is 24.3. The van der Waals surface area contributed by atoms with Crippen molar-refractivity contribution in [3.8, 4) is 17.2 Å². The van der Waals surface area contributed by atoms with Crippen LogP contribution in [0.2, 0.25) is 0 Å². The van der Waals surface area contributed by atoms with E-state index in [9.17, 15) is 35.4 Å². The van der Waals surface area contributed by atoms with Gasteiger partial charge in [0.25, 0.3) is 0 Å². The Morgan fingerprint density at radius 2 is 1.79 bits per heavy atom. The third-order valence-corrected chi connectivity index (χ3v) is 5.17. The molecule has 0 radical (unpaired) electrons. The fraction of sp³-hybridized carbons (Fsp3) is 0.381. The van der Waals surface area contributed by atoms with Gasteiger partial charge in [-0.15, -0.1) is 0 Å². The summed E-state index contributed by atoms with van der Waals surface area (Å²) >= 11 is 0. The highest BCUT2D eigenvalue weighted by molar-refractivity contribution is 6.01. The minimum Gasteiger partial charge on any atom is -0.508 e. The number of rotatable bonds is 8. The Morgan fingerprint density at radius 3 is 2.42 bits per heavy atom. The highest BCUT2D eigenvalue weighted by Gasteiger charge is 2.45. The third kappa shape index (κ3) is 5.52. The Balaban J connectivity index is 1.80. The zero-order valence-corrected chi connectivity index (χ0v) is 17.2. The number of phenolic OH excluding ortho intramolecular Hbond substituents is 2. The van der Waals surface area contributed by atoms with Crippen LogP contribution >= 0.6 is 0 Å². The van der Waals surface area contributed by atoms with Crippen LogP contribution in [0.25, 0.3) is 10.4 Å². The number of benzene rings is 2. The van der Waals surface area contributed by atoms with Gasteiger partial charge in [-0.25, -0.2) is 0 Å². The van der Waals surface area contributed by atoms with Crippen LogP contribution in [0.15, 0.2) is 41.5 Å². The average Bonchev–Trinajstić information content (AvgIpc) is 2.78. The summed E-state index contributed by atoms with van der Waals surface area (Å²) in [6.07, 6.45) is -7.70. The van der Waals surface area contributed by atoms with Gasteiger partial charge in [-0.3, -0.25) is 4.79 Å². The molecule has 1 fully saturated rings. The number of hydrogen-bond acceptors (Lipinski definition) is 10. The summed E-state index contributed by atoms with van der Waals surface area (Å²) in [7, 11) is 0. The lowest BCUT2D eigenvalue weighted by Gasteiger charge is -2.39. The topological polar surface area (TPSA) is 206 Å². The Morgan fingerprint density at radius 1 is 1.09 bits per heavy atom. The van der Waals surface area contributed by atoms with E-state index < -0.39 is 54.6 Å². The number of ketones is 1. The molecule has 3 rings (SSSR count). The van der Waals surface area contributed by atoms with Crippen LogP contribution in [0, 0.1) is 0 Å². The van der Waals surface area contributed by atoms with Crippen molar-refractivity contribution in [2.24, 2.45) is 5.11 Å². The molecule has 176 valence electrons. The van der Waals surface area contributed by atoms with Gasteiger partial charge in [-0.2, -0.15) is 0 Å². The molecule has 2 aromatic rings. The molecule has 0 aromatic heterocycles. The fourth-order valence-corrected chi connectivity index (χ4v) is 3.41. The summed E-state index contributed by atoms with van der Waals surface area (Å²) < 4.78 is 10.8. The Labute approximate surface area is 187 Å². The van der Waals surface area contributed by atoms with Crippen LogP contribution in [-0.4, -0.2) is 73.7 Å². The van der Waals surface area contributed by atoms with E-state index in [1.165, 1.54) is 0 Å². The first-order valence-electron chi connectivity index (χ1n) is 9.95. The maximum atomic E-state index is 12.9. The van der Waals surface area contributed by atoms with Crippen molar-refractivity contribution in [1.29, 1.82) is 0 Å². The van der Waals surface area contributed by atoms with Gasteiger partial charge in [-0.05, 0) is 17.5 Å². The lowest BCUT2D eigenvalue weighted by atomic mass is 9.99. The number of ether oxygens (including phenoxy) is 2. The number of azide groups is 1. The van der Waals surface area contributed by atoms with E-state index >= 15 is 0 Å². The SMILES string of the molecule is [N-]=[N+]=Nc1ccc(CCC(=O)c2c(O)cc(O)cc2O[C@@H]2O[C@H](CO)[C@@H](O)[C@H](O)[C@@H]2O)cc1. The Hall–Kier alpha value is -3.38. The maximum Gasteiger partial charge on any atom is 0.229 e. The van der Waals surface area contributed by atoms with Crippen molar-refractivity contribution in [3.05, 3.63) is 58.0 Å². The largest absolute Gasteiger partial charge is 0.508 e. The highest BCUT2D eigenvalue weighted by atomic mass is 16.7. The van der Waals surface area contributed by atoms with Gasteiger partial charge < -0.3 is 40.1 Å². The zero-order valence-electron chi connectivity index (χ0n) is 17.2. The van der Waals surface area contributed by atoms with Crippen LogP contribution in [0.1, 0.15) is 22.3 Å². The quantitative estimate of drug-likeness (QED) is 0.143. The van der Waals surface area contributed by atoms with Crippen molar-refractivity contribution in [3.63, 3.8) is 0 Å². The molecule has 2 aromatic carbocycles. The number of carbonyl (C=O) groups excluding carboxylic acids is 1. The number of phenols is 2. The number of carbonyl (C=O) groups is 1. The van der Waals surface area contributed by atoms with Crippen molar-refractivity contribution in [2.45, 2.75) is 43.5 Å². The van der Waals surface area contributed by atoms with Crippen LogP contribution in [0.3, 0.4) is 0 Å². The molecular weight excluding hydrogens is 438 g/mol. The summed E-state index contributed by atoms with van der Waals surface area (Å²) in [6, 6.07) is 8.51. The number of aliphatic hydroxyl groups is 4. The van der Waals surface area contributed by atoms with Gasteiger partial charge in [0.15, 0.2) is 5.78 Å². The van der Waals surface area contributed by atoms with Crippen LogP contribution < -0.4 is 4.74 Å². The predicted octanol–water partition coefficient (Wildman–Crippen LogP) is 1.03. The van der Waals surface area contributed by atoms with E-state index in [1.54, 1.807) is 24.3 Å². The number of hydrogen-bond donors (Lipinski definition) is 6. The van der Waals surface area contributed by atoms with E-state index in [-0.39, 0.29) is 24.2 Å². The number of Topliss-reactive ketones (excluding diaryl/α,β-unsaturated/α-hetero) is 1. The summed E-state index contributed by atoms with van der Waals surface area (Å²) in [5.41, 5.74) is 9.34. The van der Waals surface area contributed by atoms with E-state index in [0.29, 0.717) is 5.69 Å². The van der Waals surface area contributed by atoms with Gasteiger partial charge in [0.1, 0.15) is 47.2 Å². The third-order valence-electron chi connectivity index (χ3n) is 5.17. The van der Waals surface area contributed by atoms with Gasteiger partial charge >= 0.3 is 0 Å². The number of aromatic hydroxyl groups is 2. The van der Waals surface area contributed by atoms with Crippen molar-refractivity contribution >= 4 is 11.5 Å². The second kappa shape index (κ2) is 10.5. The smallest absolute Gasteiger partial charge is 0.229 e. The van der Waals surface area contributed by atoms with Crippen LogP contribution in [0.4, 0.5) is 5.69 Å². The molecule has 5 atom stereocenters. The van der Waals surface area contributed by atoms with Gasteiger partial charge in [0.05, 0.1) is 6.61 Å². The van der Waals surface area contributed by atoms with Gasteiger partial charge in [-0.1, -0.05) is 29.4 Å². The summed E-state index contributed by atoms with van der Waals surface area (Å²) in [6.45, 7) is -0.680. The van der Waals surface area contributed by atoms with Crippen molar-refractivity contribution in [2.75, 3.05) is 6.61 Å².